The monoisotopic (exact) mass is 347 g/mol. The minimum absolute atomic E-state index is 0.0618. The van der Waals surface area contributed by atoms with Gasteiger partial charge in [0.25, 0.3) is 0 Å². The number of aromatic nitrogens is 4. The van der Waals surface area contributed by atoms with Gasteiger partial charge >= 0.3 is 0 Å². The molecular weight excluding hydrogens is 326 g/mol. The van der Waals surface area contributed by atoms with Crippen molar-refractivity contribution in [2.75, 3.05) is 6.54 Å². The van der Waals surface area contributed by atoms with Gasteiger partial charge in [-0.15, -0.1) is 10.2 Å². The summed E-state index contributed by atoms with van der Waals surface area (Å²) < 4.78 is 4.06. The Morgan fingerprint density at radius 3 is 2.85 bits per heavy atom. The van der Waals surface area contributed by atoms with Crippen molar-refractivity contribution >= 4 is 22.5 Å². The van der Waals surface area contributed by atoms with Gasteiger partial charge in [-0.05, 0) is 30.2 Å². The lowest BCUT2D eigenvalue weighted by Crippen LogP contribution is -2.26. The second kappa shape index (κ2) is 7.00. The van der Waals surface area contributed by atoms with Gasteiger partial charge < -0.3 is 9.88 Å². The lowest BCUT2D eigenvalue weighted by molar-refractivity contribution is -0.121. The van der Waals surface area contributed by atoms with E-state index >= 15 is 0 Å². The first-order valence-corrected chi connectivity index (χ1v) is 8.80. The molecule has 132 valence electrons. The number of benzene rings is 1. The van der Waals surface area contributed by atoms with Crippen LogP contribution in [-0.4, -0.2) is 31.6 Å². The van der Waals surface area contributed by atoms with E-state index in [1.807, 2.05) is 48.0 Å². The Morgan fingerprint density at radius 2 is 1.92 bits per heavy atom. The zero-order valence-electron chi connectivity index (χ0n) is 14.7. The number of hydrogen-bond acceptors (Lipinski definition) is 3. The van der Waals surface area contributed by atoms with Crippen molar-refractivity contribution in [3.63, 3.8) is 0 Å². The third-order valence-electron chi connectivity index (χ3n) is 4.66. The SMILES string of the molecule is Cn1cc(CCC(=O)NCCc2nnc3ccccn23)c2ccccc21. The Labute approximate surface area is 151 Å². The summed E-state index contributed by atoms with van der Waals surface area (Å²) in [6.07, 6.45) is 5.92. The first-order valence-electron chi connectivity index (χ1n) is 8.80. The standard InChI is InChI=1S/C20H21N5O/c1-24-14-15(16-6-2-3-7-17(16)24)9-10-20(26)21-12-11-19-23-22-18-8-4-5-13-25(18)19/h2-8,13-14H,9-12H2,1H3,(H,21,26). The summed E-state index contributed by atoms with van der Waals surface area (Å²) in [6, 6.07) is 14.1. The number of hydrogen-bond donors (Lipinski definition) is 1. The number of para-hydroxylation sites is 1. The topological polar surface area (TPSA) is 64.2 Å². The normalized spacial score (nSPS) is 11.3. The summed E-state index contributed by atoms with van der Waals surface area (Å²) in [7, 11) is 2.04. The summed E-state index contributed by atoms with van der Waals surface area (Å²) in [5.41, 5.74) is 3.23. The van der Waals surface area contributed by atoms with Crippen LogP contribution in [0.3, 0.4) is 0 Å². The fourth-order valence-corrected chi connectivity index (χ4v) is 3.34. The van der Waals surface area contributed by atoms with Gasteiger partial charge in [-0.1, -0.05) is 24.3 Å². The van der Waals surface area contributed by atoms with Crippen molar-refractivity contribution in [3.8, 4) is 0 Å². The molecule has 0 spiro atoms. The van der Waals surface area contributed by atoms with Crippen LogP contribution >= 0.6 is 0 Å². The van der Waals surface area contributed by atoms with E-state index in [1.54, 1.807) is 0 Å². The Morgan fingerprint density at radius 1 is 1.08 bits per heavy atom. The predicted octanol–water partition coefficient (Wildman–Crippen LogP) is 2.51. The second-order valence-electron chi connectivity index (χ2n) is 6.43. The fraction of sp³-hybridized carbons (Fsp3) is 0.250. The van der Waals surface area contributed by atoms with E-state index in [2.05, 4.69) is 38.4 Å². The molecule has 0 unspecified atom stereocenters. The second-order valence-corrected chi connectivity index (χ2v) is 6.43. The van der Waals surface area contributed by atoms with Crippen molar-refractivity contribution in [2.45, 2.75) is 19.3 Å². The summed E-state index contributed by atoms with van der Waals surface area (Å²) in [5.74, 6) is 0.918. The van der Waals surface area contributed by atoms with E-state index < -0.39 is 0 Å². The number of aryl methyl sites for hydroxylation is 2. The molecule has 1 N–H and O–H groups in total. The summed E-state index contributed by atoms with van der Waals surface area (Å²) in [4.78, 5) is 12.2. The average molecular weight is 347 g/mol. The lowest BCUT2D eigenvalue weighted by atomic mass is 10.1. The van der Waals surface area contributed by atoms with Crippen molar-refractivity contribution in [3.05, 3.63) is 66.2 Å². The molecule has 0 bridgehead atoms. The molecule has 26 heavy (non-hydrogen) atoms. The number of nitrogens with zero attached hydrogens (tertiary/aromatic N) is 4. The van der Waals surface area contributed by atoms with Gasteiger partial charge in [0.2, 0.25) is 5.91 Å². The Bertz CT molecular complexity index is 1060. The molecule has 6 heteroatoms. The zero-order valence-corrected chi connectivity index (χ0v) is 14.7. The smallest absolute Gasteiger partial charge is 0.220 e. The molecule has 0 aliphatic carbocycles. The minimum Gasteiger partial charge on any atom is -0.356 e. The van der Waals surface area contributed by atoms with E-state index in [4.69, 9.17) is 0 Å². The van der Waals surface area contributed by atoms with Gasteiger partial charge in [0, 0.05) is 49.7 Å². The fourth-order valence-electron chi connectivity index (χ4n) is 3.34. The molecule has 3 heterocycles. The van der Waals surface area contributed by atoms with Crippen LogP contribution in [0.15, 0.2) is 54.9 Å². The molecule has 4 aromatic rings. The van der Waals surface area contributed by atoms with Gasteiger partial charge in [-0.25, -0.2) is 0 Å². The van der Waals surface area contributed by atoms with Gasteiger partial charge in [0.1, 0.15) is 5.82 Å². The van der Waals surface area contributed by atoms with E-state index in [1.165, 1.54) is 16.5 Å². The van der Waals surface area contributed by atoms with E-state index in [-0.39, 0.29) is 5.91 Å². The third-order valence-corrected chi connectivity index (χ3v) is 4.66. The van der Waals surface area contributed by atoms with Crippen LogP contribution in [0.1, 0.15) is 17.8 Å². The maximum absolute atomic E-state index is 12.2. The average Bonchev–Trinajstić information content (AvgIpc) is 3.22. The predicted molar refractivity (Wildman–Crippen MR) is 101 cm³/mol. The number of amides is 1. The van der Waals surface area contributed by atoms with Gasteiger partial charge in [0.05, 0.1) is 0 Å². The number of rotatable bonds is 6. The molecule has 0 atom stereocenters. The van der Waals surface area contributed by atoms with Crippen LogP contribution in [0.5, 0.6) is 0 Å². The number of fused-ring (bicyclic) bond motifs is 2. The molecule has 6 nitrogen and oxygen atoms in total. The van der Waals surface area contributed by atoms with Crippen LogP contribution < -0.4 is 5.32 Å². The van der Waals surface area contributed by atoms with Gasteiger partial charge in [-0.3, -0.25) is 9.20 Å². The number of pyridine rings is 1. The van der Waals surface area contributed by atoms with Crippen molar-refractivity contribution < 1.29 is 4.79 Å². The van der Waals surface area contributed by atoms with Crippen molar-refractivity contribution in [2.24, 2.45) is 7.05 Å². The van der Waals surface area contributed by atoms with Crippen molar-refractivity contribution in [1.82, 2.24) is 24.5 Å². The highest BCUT2D eigenvalue weighted by Crippen LogP contribution is 2.21. The number of nitrogens with one attached hydrogen (secondary N) is 1. The minimum atomic E-state index is 0.0618. The van der Waals surface area contributed by atoms with E-state index in [9.17, 15) is 4.79 Å². The van der Waals surface area contributed by atoms with Crippen LogP contribution in [0, 0.1) is 0 Å². The van der Waals surface area contributed by atoms with Crippen LogP contribution in [-0.2, 0) is 24.7 Å². The number of carbonyl (C=O) groups is 1. The highest BCUT2D eigenvalue weighted by atomic mass is 16.1. The molecule has 1 amide bonds. The van der Waals surface area contributed by atoms with E-state index in [0.29, 0.717) is 19.4 Å². The largest absolute Gasteiger partial charge is 0.356 e. The molecule has 1 aromatic carbocycles. The Balaban J connectivity index is 1.31. The highest BCUT2D eigenvalue weighted by Gasteiger charge is 2.09. The van der Waals surface area contributed by atoms with Gasteiger partial charge in [-0.2, -0.15) is 0 Å². The maximum Gasteiger partial charge on any atom is 0.220 e. The molecule has 0 saturated carbocycles. The molecular formula is C20H21N5O. The van der Waals surface area contributed by atoms with E-state index in [0.717, 1.165) is 17.9 Å². The van der Waals surface area contributed by atoms with Crippen molar-refractivity contribution in [1.29, 1.82) is 0 Å². The molecule has 0 aliphatic heterocycles. The zero-order chi connectivity index (χ0) is 17.9. The Kier molecular flexibility index (Phi) is 4.39. The molecule has 4 rings (SSSR count). The number of carbonyl (C=O) groups excluding carboxylic acids is 1. The summed E-state index contributed by atoms with van der Waals surface area (Å²) in [5, 5.41) is 12.5. The van der Waals surface area contributed by atoms with Crippen LogP contribution in [0.2, 0.25) is 0 Å². The molecule has 0 saturated heterocycles. The molecule has 0 radical (unpaired) electrons. The first-order chi connectivity index (χ1) is 12.7. The molecule has 0 aliphatic rings. The maximum atomic E-state index is 12.2. The molecule has 0 fully saturated rings. The lowest BCUT2D eigenvalue weighted by Gasteiger charge is -2.04. The third kappa shape index (κ3) is 3.18. The highest BCUT2D eigenvalue weighted by molar-refractivity contribution is 5.84. The molecule has 3 aromatic heterocycles. The summed E-state index contributed by atoms with van der Waals surface area (Å²) in [6.45, 7) is 0.560. The Hall–Kier alpha value is -3.15. The van der Waals surface area contributed by atoms with Gasteiger partial charge in [0.15, 0.2) is 5.65 Å². The first kappa shape index (κ1) is 16.3. The quantitative estimate of drug-likeness (QED) is 0.583. The summed E-state index contributed by atoms with van der Waals surface area (Å²) >= 11 is 0. The van der Waals surface area contributed by atoms with Crippen LogP contribution in [0.4, 0.5) is 0 Å². The van der Waals surface area contributed by atoms with Crippen LogP contribution in [0.25, 0.3) is 16.6 Å².